The Morgan fingerprint density at radius 1 is 0.795 bits per heavy atom. The molecule has 0 saturated carbocycles. The molecule has 9 nitrogen and oxygen atoms in total. The van der Waals surface area contributed by atoms with Gasteiger partial charge in [-0.05, 0) is 48.0 Å². The highest BCUT2D eigenvalue weighted by atomic mass is 35.5. The minimum atomic E-state index is 0. The molecular formula is C34H36ClN9. The Bertz CT molecular complexity index is 1720. The zero-order chi connectivity index (χ0) is 29.0. The van der Waals surface area contributed by atoms with Gasteiger partial charge in [0, 0.05) is 112 Å². The summed E-state index contributed by atoms with van der Waals surface area (Å²) in [7, 11) is 0. The summed E-state index contributed by atoms with van der Waals surface area (Å²) >= 11 is 0. The number of anilines is 2. The SMILES string of the molecule is Cl.N#Cc1cnn2cc(-c3ccc(N4CCNCC4)cc3)cc(-c3ccc(N4CCN(CCc5ccccn5)CC4)nc3)c12. The summed E-state index contributed by atoms with van der Waals surface area (Å²) in [4.78, 5) is 16.6. The van der Waals surface area contributed by atoms with Crippen LogP contribution in [0.15, 0.2) is 85.5 Å². The van der Waals surface area contributed by atoms with Crippen molar-refractivity contribution in [3.63, 3.8) is 0 Å². The molecule has 0 aliphatic carbocycles. The number of aromatic nitrogens is 4. The lowest BCUT2D eigenvalue weighted by atomic mass is 9.99. The van der Waals surface area contributed by atoms with Gasteiger partial charge >= 0.3 is 0 Å². The van der Waals surface area contributed by atoms with E-state index in [0.29, 0.717) is 5.56 Å². The molecule has 1 N–H and O–H groups in total. The number of hydrogen-bond donors (Lipinski definition) is 1. The van der Waals surface area contributed by atoms with Gasteiger partial charge < -0.3 is 15.1 Å². The average molecular weight is 606 g/mol. The van der Waals surface area contributed by atoms with Crippen LogP contribution in [0.4, 0.5) is 11.5 Å². The second-order valence-corrected chi connectivity index (χ2v) is 11.2. The smallest absolute Gasteiger partial charge is 0.128 e. The highest BCUT2D eigenvalue weighted by Gasteiger charge is 2.19. The van der Waals surface area contributed by atoms with Crippen LogP contribution < -0.4 is 15.1 Å². The van der Waals surface area contributed by atoms with Crippen molar-refractivity contribution in [3.05, 3.63) is 96.7 Å². The van der Waals surface area contributed by atoms with E-state index < -0.39 is 0 Å². The van der Waals surface area contributed by atoms with Crippen molar-refractivity contribution in [2.75, 3.05) is 68.7 Å². The van der Waals surface area contributed by atoms with Crippen LogP contribution in [0.5, 0.6) is 0 Å². The van der Waals surface area contributed by atoms with Crippen molar-refractivity contribution >= 4 is 29.4 Å². The number of rotatable bonds is 7. The first kappa shape index (κ1) is 29.6. The Morgan fingerprint density at radius 2 is 1.59 bits per heavy atom. The molecule has 6 heterocycles. The van der Waals surface area contributed by atoms with Crippen LogP contribution in [-0.4, -0.2) is 83.4 Å². The molecule has 2 aliphatic heterocycles. The molecule has 2 aliphatic rings. The number of nitrogens with zero attached hydrogens (tertiary/aromatic N) is 8. The highest BCUT2D eigenvalue weighted by molar-refractivity contribution is 5.87. The fourth-order valence-corrected chi connectivity index (χ4v) is 6.12. The maximum atomic E-state index is 9.83. The Kier molecular flexibility index (Phi) is 9.03. The van der Waals surface area contributed by atoms with E-state index in [0.717, 1.165) is 105 Å². The van der Waals surface area contributed by atoms with Crippen molar-refractivity contribution in [3.8, 4) is 28.3 Å². The Balaban J connectivity index is 0.00000343. The quantitative estimate of drug-likeness (QED) is 0.290. The first-order chi connectivity index (χ1) is 21.2. The Hall–Kier alpha value is -4.49. The van der Waals surface area contributed by atoms with Gasteiger partial charge in [0.2, 0.25) is 0 Å². The normalized spacial score (nSPS) is 15.6. The van der Waals surface area contributed by atoms with E-state index in [4.69, 9.17) is 4.98 Å². The van der Waals surface area contributed by atoms with Crippen LogP contribution in [0.25, 0.3) is 27.8 Å². The van der Waals surface area contributed by atoms with Gasteiger partial charge in [-0.15, -0.1) is 12.4 Å². The summed E-state index contributed by atoms with van der Waals surface area (Å²) in [6.07, 6.45) is 8.42. The molecule has 2 saturated heterocycles. The third-order valence-electron chi connectivity index (χ3n) is 8.58. The summed E-state index contributed by atoms with van der Waals surface area (Å²) in [5.41, 5.74) is 7.84. The van der Waals surface area contributed by atoms with Crippen molar-refractivity contribution in [1.29, 1.82) is 5.26 Å². The molecule has 10 heteroatoms. The molecule has 5 aromatic rings. The zero-order valence-corrected chi connectivity index (χ0v) is 25.5. The Labute approximate surface area is 264 Å². The van der Waals surface area contributed by atoms with Gasteiger partial charge in [0.1, 0.15) is 11.9 Å². The van der Waals surface area contributed by atoms with E-state index in [1.165, 1.54) is 5.69 Å². The van der Waals surface area contributed by atoms with Gasteiger partial charge in [0.15, 0.2) is 0 Å². The van der Waals surface area contributed by atoms with Gasteiger partial charge in [-0.25, -0.2) is 9.50 Å². The molecule has 0 amide bonds. The summed E-state index contributed by atoms with van der Waals surface area (Å²) in [5, 5.41) is 17.8. The monoisotopic (exact) mass is 605 g/mol. The summed E-state index contributed by atoms with van der Waals surface area (Å²) < 4.78 is 1.82. The predicted molar refractivity (Wildman–Crippen MR) is 177 cm³/mol. The first-order valence-electron chi connectivity index (χ1n) is 15.1. The van der Waals surface area contributed by atoms with Gasteiger partial charge in [-0.3, -0.25) is 9.88 Å². The van der Waals surface area contributed by atoms with Gasteiger partial charge in [-0.1, -0.05) is 18.2 Å². The second kappa shape index (κ2) is 13.4. The number of halogens is 1. The molecule has 0 radical (unpaired) electrons. The zero-order valence-electron chi connectivity index (χ0n) is 24.6. The van der Waals surface area contributed by atoms with E-state index in [-0.39, 0.29) is 12.4 Å². The van der Waals surface area contributed by atoms with Gasteiger partial charge in [-0.2, -0.15) is 10.4 Å². The van der Waals surface area contributed by atoms with Crippen LogP contribution >= 0.6 is 12.4 Å². The lowest BCUT2D eigenvalue weighted by Crippen LogP contribution is -2.47. The largest absolute Gasteiger partial charge is 0.369 e. The van der Waals surface area contributed by atoms with Gasteiger partial charge in [0.25, 0.3) is 0 Å². The molecule has 2 fully saturated rings. The molecule has 0 bridgehead atoms. The van der Waals surface area contributed by atoms with Crippen LogP contribution in [0.3, 0.4) is 0 Å². The molecule has 0 spiro atoms. The lowest BCUT2D eigenvalue weighted by molar-refractivity contribution is 0.259. The third kappa shape index (κ3) is 6.24. The summed E-state index contributed by atoms with van der Waals surface area (Å²) in [6, 6.07) is 23.6. The van der Waals surface area contributed by atoms with E-state index >= 15 is 0 Å². The standard InChI is InChI=1S/C34H35N9.ClH/c35-22-29-24-39-43-25-28(26-4-7-31(8-5-26)41-15-12-36-13-16-41)21-32(34(29)43)27-6-9-33(38-23-27)42-19-17-40(18-20-42)14-10-30-3-1-2-11-37-30;/h1-9,11,21,23-25,36H,10,12-20H2;1H. The first-order valence-corrected chi connectivity index (χ1v) is 15.1. The molecular weight excluding hydrogens is 570 g/mol. The van der Waals surface area contributed by atoms with E-state index in [1.807, 2.05) is 29.2 Å². The summed E-state index contributed by atoms with van der Waals surface area (Å²) in [6.45, 7) is 8.99. The molecule has 7 rings (SSSR count). The van der Waals surface area contributed by atoms with Crippen LogP contribution in [0.1, 0.15) is 11.3 Å². The van der Waals surface area contributed by atoms with Crippen LogP contribution in [-0.2, 0) is 6.42 Å². The lowest BCUT2D eigenvalue weighted by Gasteiger charge is -2.35. The molecule has 1 aromatic carbocycles. The fraction of sp³-hybridized carbons (Fsp3) is 0.294. The van der Waals surface area contributed by atoms with E-state index in [9.17, 15) is 5.26 Å². The molecule has 224 valence electrons. The van der Waals surface area contributed by atoms with Crippen molar-refractivity contribution in [1.82, 2.24) is 29.8 Å². The number of piperazine rings is 2. The molecule has 44 heavy (non-hydrogen) atoms. The van der Waals surface area contributed by atoms with Crippen LogP contribution in [0, 0.1) is 11.3 Å². The molecule has 4 aromatic heterocycles. The summed E-state index contributed by atoms with van der Waals surface area (Å²) in [5.74, 6) is 0.984. The number of benzene rings is 1. The third-order valence-corrected chi connectivity index (χ3v) is 8.58. The minimum absolute atomic E-state index is 0. The highest BCUT2D eigenvalue weighted by Crippen LogP contribution is 2.33. The number of fused-ring (bicyclic) bond motifs is 1. The number of nitriles is 1. The maximum Gasteiger partial charge on any atom is 0.128 e. The Morgan fingerprint density at radius 3 is 2.30 bits per heavy atom. The maximum absolute atomic E-state index is 9.83. The molecule has 0 atom stereocenters. The van der Waals surface area contributed by atoms with Crippen molar-refractivity contribution in [2.24, 2.45) is 0 Å². The van der Waals surface area contributed by atoms with Gasteiger partial charge in [0.05, 0.1) is 17.3 Å². The van der Waals surface area contributed by atoms with E-state index in [2.05, 4.69) is 90.8 Å². The predicted octanol–water partition coefficient (Wildman–Crippen LogP) is 4.53. The average Bonchev–Trinajstić information content (AvgIpc) is 3.51. The molecule has 0 unspecified atom stereocenters. The van der Waals surface area contributed by atoms with Crippen molar-refractivity contribution < 1.29 is 0 Å². The van der Waals surface area contributed by atoms with Crippen molar-refractivity contribution in [2.45, 2.75) is 6.42 Å². The number of hydrogen-bond acceptors (Lipinski definition) is 8. The van der Waals surface area contributed by atoms with E-state index in [1.54, 1.807) is 6.20 Å². The fourth-order valence-electron chi connectivity index (χ4n) is 6.12. The number of nitrogens with one attached hydrogen (secondary N) is 1. The number of pyridine rings is 3. The minimum Gasteiger partial charge on any atom is -0.369 e. The second-order valence-electron chi connectivity index (χ2n) is 11.2. The van der Waals surface area contributed by atoms with Crippen LogP contribution in [0.2, 0.25) is 0 Å². The topological polar surface area (TPSA) is 88.6 Å².